The van der Waals surface area contributed by atoms with Crippen molar-refractivity contribution in [3.63, 3.8) is 0 Å². The second-order valence-electron chi connectivity index (χ2n) is 4.45. The molecule has 0 bridgehead atoms. The molecule has 5 heteroatoms. The fourth-order valence-corrected chi connectivity index (χ4v) is 2.30. The Morgan fingerprint density at radius 1 is 1.20 bits per heavy atom. The van der Waals surface area contributed by atoms with E-state index in [9.17, 15) is 0 Å². The molecule has 0 aliphatic rings. The summed E-state index contributed by atoms with van der Waals surface area (Å²) in [6.07, 6.45) is 0.859. The van der Waals surface area contributed by atoms with Crippen molar-refractivity contribution in [2.45, 2.75) is 13.3 Å². The lowest BCUT2D eigenvalue weighted by Crippen LogP contribution is -1.95. The second-order valence-corrected chi connectivity index (χ2v) is 4.84. The SMILES string of the molecule is CCc1cc2nc(-c3ccc(OC)cc3)cc(Cl)n2n1. The summed E-state index contributed by atoms with van der Waals surface area (Å²) in [6.45, 7) is 2.06. The maximum absolute atomic E-state index is 6.28. The van der Waals surface area contributed by atoms with Crippen molar-refractivity contribution in [1.29, 1.82) is 0 Å². The molecule has 2 heterocycles. The number of halogens is 1. The van der Waals surface area contributed by atoms with Gasteiger partial charge in [-0.3, -0.25) is 0 Å². The van der Waals surface area contributed by atoms with E-state index in [0.717, 1.165) is 34.8 Å². The number of benzene rings is 1. The van der Waals surface area contributed by atoms with E-state index in [-0.39, 0.29) is 0 Å². The Morgan fingerprint density at radius 3 is 2.60 bits per heavy atom. The number of aryl methyl sites for hydroxylation is 1. The molecule has 0 N–H and O–H groups in total. The van der Waals surface area contributed by atoms with Gasteiger partial charge in [0.25, 0.3) is 0 Å². The Bertz CT molecular complexity index is 750. The van der Waals surface area contributed by atoms with E-state index < -0.39 is 0 Å². The van der Waals surface area contributed by atoms with Gasteiger partial charge in [-0.1, -0.05) is 18.5 Å². The Hall–Kier alpha value is -2.07. The number of hydrogen-bond acceptors (Lipinski definition) is 3. The van der Waals surface area contributed by atoms with Crippen molar-refractivity contribution in [3.05, 3.63) is 47.2 Å². The number of aromatic nitrogens is 3. The molecule has 0 aliphatic carbocycles. The third-order valence-electron chi connectivity index (χ3n) is 3.18. The van der Waals surface area contributed by atoms with Crippen LogP contribution >= 0.6 is 11.6 Å². The zero-order valence-corrected chi connectivity index (χ0v) is 12.1. The zero-order valence-electron chi connectivity index (χ0n) is 11.3. The minimum atomic E-state index is 0.556. The summed E-state index contributed by atoms with van der Waals surface area (Å²) in [6, 6.07) is 11.5. The highest BCUT2D eigenvalue weighted by Crippen LogP contribution is 2.24. The molecule has 0 fully saturated rings. The van der Waals surface area contributed by atoms with E-state index in [0.29, 0.717) is 5.15 Å². The van der Waals surface area contributed by atoms with E-state index >= 15 is 0 Å². The van der Waals surface area contributed by atoms with Crippen LogP contribution in [0.1, 0.15) is 12.6 Å². The largest absolute Gasteiger partial charge is 0.497 e. The third kappa shape index (κ3) is 2.23. The van der Waals surface area contributed by atoms with Gasteiger partial charge in [0.1, 0.15) is 10.9 Å². The van der Waals surface area contributed by atoms with E-state index in [1.54, 1.807) is 11.6 Å². The first-order chi connectivity index (χ1) is 9.71. The minimum absolute atomic E-state index is 0.556. The topological polar surface area (TPSA) is 39.4 Å². The highest BCUT2D eigenvalue weighted by molar-refractivity contribution is 6.30. The van der Waals surface area contributed by atoms with Crippen molar-refractivity contribution in [1.82, 2.24) is 14.6 Å². The fourth-order valence-electron chi connectivity index (χ4n) is 2.07. The maximum atomic E-state index is 6.28. The lowest BCUT2D eigenvalue weighted by atomic mass is 10.1. The second kappa shape index (κ2) is 5.13. The van der Waals surface area contributed by atoms with Crippen LogP contribution in [0.25, 0.3) is 16.9 Å². The first kappa shape index (κ1) is 12.9. The van der Waals surface area contributed by atoms with Crippen LogP contribution in [0.2, 0.25) is 5.15 Å². The van der Waals surface area contributed by atoms with Gasteiger partial charge in [-0.15, -0.1) is 0 Å². The maximum Gasteiger partial charge on any atom is 0.157 e. The van der Waals surface area contributed by atoms with Gasteiger partial charge in [0, 0.05) is 17.7 Å². The highest BCUT2D eigenvalue weighted by atomic mass is 35.5. The van der Waals surface area contributed by atoms with E-state index in [1.807, 2.05) is 36.4 Å². The summed E-state index contributed by atoms with van der Waals surface area (Å²) in [7, 11) is 1.65. The number of nitrogens with zero attached hydrogens (tertiary/aromatic N) is 3. The van der Waals surface area contributed by atoms with Crippen LogP contribution in [0, 0.1) is 0 Å². The summed E-state index contributed by atoms with van der Waals surface area (Å²) < 4.78 is 6.82. The van der Waals surface area contributed by atoms with Crippen molar-refractivity contribution in [3.8, 4) is 17.0 Å². The number of hydrogen-bond donors (Lipinski definition) is 0. The predicted octanol–water partition coefficient (Wildman–Crippen LogP) is 3.62. The smallest absolute Gasteiger partial charge is 0.157 e. The number of fused-ring (bicyclic) bond motifs is 1. The molecule has 0 atom stereocenters. The molecular formula is C15H14ClN3O. The van der Waals surface area contributed by atoms with Crippen molar-refractivity contribution in [2.75, 3.05) is 7.11 Å². The fraction of sp³-hybridized carbons (Fsp3) is 0.200. The molecule has 20 heavy (non-hydrogen) atoms. The van der Waals surface area contributed by atoms with Gasteiger partial charge in [0.2, 0.25) is 0 Å². The monoisotopic (exact) mass is 287 g/mol. The molecule has 0 saturated heterocycles. The van der Waals surface area contributed by atoms with Crippen LogP contribution in [0.4, 0.5) is 0 Å². The van der Waals surface area contributed by atoms with Gasteiger partial charge in [-0.05, 0) is 30.7 Å². The lowest BCUT2D eigenvalue weighted by Gasteiger charge is -2.05. The summed E-state index contributed by atoms with van der Waals surface area (Å²) in [5, 5.41) is 4.95. The summed E-state index contributed by atoms with van der Waals surface area (Å²) in [5.74, 6) is 0.818. The Labute approximate surface area is 122 Å². The molecule has 1 aromatic carbocycles. The van der Waals surface area contributed by atoms with Crippen molar-refractivity contribution < 1.29 is 4.74 Å². The molecule has 0 aliphatic heterocycles. The third-order valence-corrected chi connectivity index (χ3v) is 3.45. The van der Waals surface area contributed by atoms with Gasteiger partial charge < -0.3 is 4.74 Å². The van der Waals surface area contributed by atoms with Crippen LogP contribution in [0.5, 0.6) is 5.75 Å². The van der Waals surface area contributed by atoms with Gasteiger partial charge >= 0.3 is 0 Å². The van der Waals surface area contributed by atoms with Crippen LogP contribution in [-0.4, -0.2) is 21.7 Å². The molecule has 3 rings (SSSR count). The summed E-state index contributed by atoms with van der Waals surface area (Å²) in [5.41, 5.74) is 3.56. The average Bonchev–Trinajstić information content (AvgIpc) is 2.91. The highest BCUT2D eigenvalue weighted by Gasteiger charge is 2.09. The Morgan fingerprint density at radius 2 is 1.95 bits per heavy atom. The van der Waals surface area contributed by atoms with Gasteiger partial charge in [-0.2, -0.15) is 5.10 Å². The number of rotatable bonds is 3. The van der Waals surface area contributed by atoms with E-state index in [2.05, 4.69) is 17.0 Å². The number of ether oxygens (including phenoxy) is 1. The lowest BCUT2D eigenvalue weighted by molar-refractivity contribution is 0.415. The molecule has 2 aromatic heterocycles. The zero-order chi connectivity index (χ0) is 14.1. The summed E-state index contributed by atoms with van der Waals surface area (Å²) >= 11 is 6.28. The normalized spacial score (nSPS) is 10.9. The van der Waals surface area contributed by atoms with Crippen molar-refractivity contribution in [2.24, 2.45) is 0 Å². The van der Waals surface area contributed by atoms with E-state index in [4.69, 9.17) is 16.3 Å². The predicted molar refractivity (Wildman–Crippen MR) is 79.4 cm³/mol. The molecule has 0 spiro atoms. The average molecular weight is 288 g/mol. The molecular weight excluding hydrogens is 274 g/mol. The molecule has 0 amide bonds. The van der Waals surface area contributed by atoms with E-state index in [1.165, 1.54) is 0 Å². The summed E-state index contributed by atoms with van der Waals surface area (Å²) in [4.78, 5) is 4.61. The molecule has 3 aromatic rings. The standard InChI is InChI=1S/C15H14ClN3O/c1-3-11-8-15-17-13(9-14(16)19(15)18-11)10-4-6-12(20-2)7-5-10/h4-9H,3H2,1-2H3. The van der Waals surface area contributed by atoms with Gasteiger partial charge in [0.15, 0.2) is 5.65 Å². The Kier molecular flexibility index (Phi) is 3.32. The van der Waals surface area contributed by atoms with Crippen LogP contribution in [0.3, 0.4) is 0 Å². The van der Waals surface area contributed by atoms with Crippen LogP contribution in [0.15, 0.2) is 36.4 Å². The van der Waals surface area contributed by atoms with Crippen LogP contribution < -0.4 is 4.74 Å². The quantitative estimate of drug-likeness (QED) is 0.691. The van der Waals surface area contributed by atoms with Crippen molar-refractivity contribution >= 4 is 17.2 Å². The molecule has 0 saturated carbocycles. The first-order valence-electron chi connectivity index (χ1n) is 6.41. The molecule has 0 radical (unpaired) electrons. The van der Waals surface area contributed by atoms with Gasteiger partial charge in [-0.25, -0.2) is 9.50 Å². The molecule has 0 unspecified atom stereocenters. The van der Waals surface area contributed by atoms with Gasteiger partial charge in [0.05, 0.1) is 18.5 Å². The number of methoxy groups -OCH3 is 1. The molecule has 102 valence electrons. The van der Waals surface area contributed by atoms with Crippen LogP contribution in [-0.2, 0) is 6.42 Å². The first-order valence-corrected chi connectivity index (χ1v) is 6.78. The molecule has 4 nitrogen and oxygen atoms in total. The Balaban J connectivity index is 2.10. The minimum Gasteiger partial charge on any atom is -0.497 e.